The minimum Gasteiger partial charge on any atom is -0.207 e. The maximum absolute atomic E-state index is 13.1. The molecule has 1 saturated carbocycles. The van der Waals surface area contributed by atoms with Gasteiger partial charge in [0.2, 0.25) is 10.0 Å². The molecular weight excluding hydrogens is 326 g/mol. The van der Waals surface area contributed by atoms with Crippen molar-refractivity contribution in [3.8, 4) is 5.69 Å². The lowest BCUT2D eigenvalue weighted by atomic mass is 9.79. The van der Waals surface area contributed by atoms with Gasteiger partial charge in [0.1, 0.15) is 6.33 Å². The summed E-state index contributed by atoms with van der Waals surface area (Å²) in [5.41, 5.74) is 0.744. The summed E-state index contributed by atoms with van der Waals surface area (Å²) in [6, 6.07) is 6.96. The second kappa shape index (κ2) is 6.25. The highest BCUT2D eigenvalue weighted by molar-refractivity contribution is 7.89. The lowest BCUT2D eigenvalue weighted by molar-refractivity contribution is 0.129. The zero-order valence-electron chi connectivity index (χ0n) is 13.5. The maximum Gasteiger partial charge on any atom is 0.243 e. The van der Waals surface area contributed by atoms with Gasteiger partial charge in [0.15, 0.2) is 0 Å². The quantitative estimate of drug-likeness (QED) is 0.848. The van der Waals surface area contributed by atoms with Crippen LogP contribution in [0.1, 0.15) is 38.5 Å². The molecule has 7 nitrogen and oxygen atoms in total. The zero-order chi connectivity index (χ0) is 16.6. The molecule has 1 aliphatic carbocycles. The second-order valence-corrected chi connectivity index (χ2v) is 8.51. The van der Waals surface area contributed by atoms with Gasteiger partial charge in [-0.2, -0.15) is 4.31 Å². The van der Waals surface area contributed by atoms with E-state index in [9.17, 15) is 8.42 Å². The van der Waals surface area contributed by atoms with Crippen LogP contribution in [-0.4, -0.2) is 45.5 Å². The van der Waals surface area contributed by atoms with E-state index < -0.39 is 10.0 Å². The molecular formula is C16H21N5O2S. The van der Waals surface area contributed by atoms with Crippen molar-refractivity contribution in [3.05, 3.63) is 30.6 Å². The van der Waals surface area contributed by atoms with Gasteiger partial charge in [0, 0.05) is 12.6 Å². The Bertz CT molecular complexity index is 786. The minimum atomic E-state index is -3.45. The number of rotatable bonds is 3. The van der Waals surface area contributed by atoms with Gasteiger partial charge >= 0.3 is 0 Å². The molecule has 2 fully saturated rings. The first-order chi connectivity index (χ1) is 11.7. The van der Waals surface area contributed by atoms with Gasteiger partial charge in [0.05, 0.1) is 10.6 Å². The predicted molar refractivity (Wildman–Crippen MR) is 88.0 cm³/mol. The molecule has 8 heteroatoms. The molecule has 0 spiro atoms. The molecule has 2 heterocycles. The summed E-state index contributed by atoms with van der Waals surface area (Å²) in [4.78, 5) is 0.352. The molecule has 2 aromatic rings. The van der Waals surface area contributed by atoms with Crippen LogP contribution in [0, 0.1) is 5.92 Å². The molecule has 2 atom stereocenters. The third kappa shape index (κ3) is 2.73. The highest BCUT2D eigenvalue weighted by Gasteiger charge is 2.39. The van der Waals surface area contributed by atoms with Crippen LogP contribution in [-0.2, 0) is 10.0 Å². The zero-order valence-corrected chi connectivity index (χ0v) is 14.3. The van der Waals surface area contributed by atoms with Crippen molar-refractivity contribution in [2.45, 2.75) is 49.5 Å². The van der Waals surface area contributed by atoms with Crippen LogP contribution >= 0.6 is 0 Å². The second-order valence-electron chi connectivity index (χ2n) is 6.62. The summed E-state index contributed by atoms with van der Waals surface area (Å²) in [7, 11) is -3.45. The van der Waals surface area contributed by atoms with Gasteiger partial charge in [-0.05, 0) is 66.3 Å². The predicted octanol–water partition coefficient (Wildman–Crippen LogP) is 2.01. The Morgan fingerprint density at radius 2 is 1.75 bits per heavy atom. The first-order valence-electron chi connectivity index (χ1n) is 8.51. The van der Waals surface area contributed by atoms with Gasteiger partial charge in [-0.15, -0.1) is 5.10 Å². The van der Waals surface area contributed by atoms with Crippen molar-refractivity contribution in [3.63, 3.8) is 0 Å². The Labute approximate surface area is 141 Å². The van der Waals surface area contributed by atoms with Crippen LogP contribution < -0.4 is 0 Å². The molecule has 1 aliphatic heterocycles. The van der Waals surface area contributed by atoms with Gasteiger partial charge in [0.25, 0.3) is 0 Å². The van der Waals surface area contributed by atoms with Crippen LogP contribution in [0.3, 0.4) is 0 Å². The lowest BCUT2D eigenvalue weighted by Crippen LogP contribution is -2.49. The van der Waals surface area contributed by atoms with E-state index in [1.165, 1.54) is 17.4 Å². The molecule has 128 valence electrons. The van der Waals surface area contributed by atoms with Gasteiger partial charge in [-0.25, -0.2) is 13.1 Å². The average Bonchev–Trinajstić information content (AvgIpc) is 3.16. The van der Waals surface area contributed by atoms with Crippen molar-refractivity contribution < 1.29 is 8.42 Å². The summed E-state index contributed by atoms with van der Waals surface area (Å²) in [5, 5.41) is 11.0. The number of sulfonamides is 1. The first-order valence-corrected chi connectivity index (χ1v) is 9.95. The van der Waals surface area contributed by atoms with Crippen LogP contribution in [0.4, 0.5) is 0 Å². The number of hydrogen-bond donors (Lipinski definition) is 0. The fraction of sp³-hybridized carbons (Fsp3) is 0.562. The Kier molecular flexibility index (Phi) is 4.09. The highest BCUT2D eigenvalue weighted by atomic mass is 32.2. The first kappa shape index (κ1) is 15.7. The summed E-state index contributed by atoms with van der Waals surface area (Å²) >= 11 is 0. The van der Waals surface area contributed by atoms with Gasteiger partial charge < -0.3 is 0 Å². The van der Waals surface area contributed by atoms with E-state index in [1.807, 2.05) is 0 Å². The van der Waals surface area contributed by atoms with Crippen molar-refractivity contribution in [2.75, 3.05) is 6.54 Å². The van der Waals surface area contributed by atoms with Crippen LogP contribution in [0.5, 0.6) is 0 Å². The summed E-state index contributed by atoms with van der Waals surface area (Å²) in [6.07, 6.45) is 8.13. The Morgan fingerprint density at radius 3 is 2.50 bits per heavy atom. The Morgan fingerprint density at radius 1 is 1.00 bits per heavy atom. The molecule has 0 bridgehead atoms. The van der Waals surface area contributed by atoms with Crippen LogP contribution in [0.2, 0.25) is 0 Å². The summed E-state index contributed by atoms with van der Waals surface area (Å²) in [5.74, 6) is 0.530. The van der Waals surface area contributed by atoms with Gasteiger partial charge in [-0.3, -0.25) is 0 Å². The topological polar surface area (TPSA) is 81.0 Å². The van der Waals surface area contributed by atoms with Crippen LogP contribution in [0.15, 0.2) is 35.5 Å². The van der Waals surface area contributed by atoms with E-state index in [0.717, 1.165) is 37.8 Å². The number of hydrogen-bond acceptors (Lipinski definition) is 5. The van der Waals surface area contributed by atoms with E-state index in [4.69, 9.17) is 0 Å². The molecule has 1 aromatic heterocycles. The lowest BCUT2D eigenvalue weighted by Gasteiger charge is -2.43. The molecule has 24 heavy (non-hydrogen) atoms. The molecule has 1 saturated heterocycles. The monoisotopic (exact) mass is 347 g/mol. The largest absolute Gasteiger partial charge is 0.243 e. The smallest absolute Gasteiger partial charge is 0.207 e. The molecule has 0 unspecified atom stereocenters. The summed E-state index contributed by atoms with van der Waals surface area (Å²) < 4.78 is 29.5. The number of piperidine rings is 1. The number of aromatic nitrogens is 4. The molecule has 4 rings (SSSR count). The van der Waals surface area contributed by atoms with Crippen LogP contribution in [0.25, 0.3) is 5.69 Å². The van der Waals surface area contributed by atoms with Crippen molar-refractivity contribution in [1.82, 2.24) is 24.5 Å². The number of benzene rings is 1. The normalized spacial score (nSPS) is 25.3. The van der Waals surface area contributed by atoms with Crippen molar-refractivity contribution in [2.24, 2.45) is 5.92 Å². The van der Waals surface area contributed by atoms with E-state index in [0.29, 0.717) is 17.4 Å². The van der Waals surface area contributed by atoms with E-state index in [1.54, 1.807) is 28.6 Å². The molecule has 0 amide bonds. The maximum atomic E-state index is 13.1. The minimum absolute atomic E-state index is 0.177. The molecule has 0 N–H and O–H groups in total. The van der Waals surface area contributed by atoms with Gasteiger partial charge in [-0.1, -0.05) is 12.8 Å². The third-order valence-corrected chi connectivity index (χ3v) is 7.19. The Hall–Kier alpha value is -1.80. The van der Waals surface area contributed by atoms with Crippen molar-refractivity contribution in [1.29, 1.82) is 0 Å². The van der Waals surface area contributed by atoms with Crippen molar-refractivity contribution >= 4 is 10.0 Å². The molecule has 2 aliphatic rings. The summed E-state index contributed by atoms with van der Waals surface area (Å²) in [6.45, 7) is 0.637. The standard InChI is InChI=1S/C16H21N5O2S/c22-24(23,21-11-3-5-13-4-1-2-6-16(13)21)15-9-7-14(8-10-15)20-12-17-18-19-20/h7-10,12-13,16H,1-6,11H2/t13-,16-/m0/s1. The fourth-order valence-electron chi connectivity index (χ4n) is 4.06. The SMILES string of the molecule is O=S(=O)(c1ccc(-n2cnnn2)cc1)N1CCC[C@@H]2CCCC[C@@H]21. The number of fused-ring (bicyclic) bond motifs is 1. The molecule has 0 radical (unpaired) electrons. The molecule has 1 aromatic carbocycles. The fourth-order valence-corrected chi connectivity index (χ4v) is 5.82. The Balaban J connectivity index is 1.62. The number of nitrogens with zero attached hydrogens (tertiary/aromatic N) is 5. The number of tetrazole rings is 1. The highest BCUT2D eigenvalue weighted by Crippen LogP contribution is 2.38. The van der Waals surface area contributed by atoms with E-state index in [-0.39, 0.29) is 6.04 Å². The van der Waals surface area contributed by atoms with E-state index >= 15 is 0 Å². The average molecular weight is 347 g/mol. The third-order valence-electron chi connectivity index (χ3n) is 5.25. The van der Waals surface area contributed by atoms with E-state index in [2.05, 4.69) is 15.5 Å².